The summed E-state index contributed by atoms with van der Waals surface area (Å²) < 4.78 is 6.96. The molecule has 5 rings (SSSR count). The molecule has 2 aliphatic rings. The van der Waals surface area contributed by atoms with Crippen LogP contribution in [0.25, 0.3) is 10.2 Å². The second-order valence-corrected chi connectivity index (χ2v) is 10.5. The summed E-state index contributed by atoms with van der Waals surface area (Å²) in [4.78, 5) is 21.5. The summed E-state index contributed by atoms with van der Waals surface area (Å²) in [6.07, 6.45) is 2.76. The van der Waals surface area contributed by atoms with Crippen molar-refractivity contribution in [3.63, 3.8) is 0 Å². The van der Waals surface area contributed by atoms with Crippen LogP contribution in [0.4, 0.5) is 5.69 Å². The zero-order chi connectivity index (χ0) is 23.5. The quantitative estimate of drug-likeness (QED) is 0.516. The minimum Gasteiger partial charge on any atom is -0.491 e. The fourth-order valence-electron chi connectivity index (χ4n) is 4.92. The number of carbonyl (C=O) groups is 1. The minimum atomic E-state index is -0.567. The van der Waals surface area contributed by atoms with E-state index in [1.165, 1.54) is 17.5 Å². The maximum absolute atomic E-state index is 12.6. The smallest absolute Gasteiger partial charge is 0.238 e. The van der Waals surface area contributed by atoms with Gasteiger partial charge in [-0.2, -0.15) is 0 Å². The lowest BCUT2D eigenvalue weighted by atomic mass is 10.1. The number of benzene rings is 2. The summed E-state index contributed by atoms with van der Waals surface area (Å²) >= 11 is 1.67. The number of hydrogen-bond donors (Lipinski definition) is 2. The standard InChI is InChI=1S/C26H32N4O3S/c1-18-27-24-14-21(8-9-25(24)34-18)33-17-20(31)15-29-10-12-30(13-11-29)16-26(32)28-23-7-3-5-19-4-2-6-22(19)23/h3,5,7-9,14,20,31H,2,4,6,10-13,15-17H2,1H3,(H,28,32)/t20-/m1/s1. The molecule has 8 heteroatoms. The highest BCUT2D eigenvalue weighted by atomic mass is 32.1. The molecule has 1 aliphatic carbocycles. The van der Waals surface area contributed by atoms with Gasteiger partial charge in [-0.15, -0.1) is 11.3 Å². The second kappa shape index (κ2) is 10.4. The zero-order valence-corrected chi connectivity index (χ0v) is 20.4. The van der Waals surface area contributed by atoms with Crippen LogP contribution in [0.15, 0.2) is 36.4 Å². The first kappa shape index (κ1) is 23.2. The van der Waals surface area contributed by atoms with Gasteiger partial charge in [-0.1, -0.05) is 12.1 Å². The first-order valence-electron chi connectivity index (χ1n) is 12.1. The van der Waals surface area contributed by atoms with Crippen molar-refractivity contribution < 1.29 is 14.6 Å². The average Bonchev–Trinajstić information content (AvgIpc) is 3.45. The third-order valence-electron chi connectivity index (χ3n) is 6.63. The first-order valence-corrected chi connectivity index (χ1v) is 12.9. The number of aromatic nitrogens is 1. The number of amides is 1. The average molecular weight is 481 g/mol. The summed E-state index contributed by atoms with van der Waals surface area (Å²) in [5, 5.41) is 14.6. The number of anilines is 1. The van der Waals surface area contributed by atoms with Crippen LogP contribution in [0.3, 0.4) is 0 Å². The molecule has 0 radical (unpaired) electrons. The van der Waals surface area contributed by atoms with Crippen molar-refractivity contribution >= 4 is 33.1 Å². The molecule has 2 heterocycles. The number of thiazole rings is 1. The lowest BCUT2D eigenvalue weighted by molar-refractivity contribution is -0.117. The van der Waals surface area contributed by atoms with Crippen molar-refractivity contribution in [3.8, 4) is 5.75 Å². The van der Waals surface area contributed by atoms with E-state index in [0.717, 1.165) is 65.7 Å². The maximum atomic E-state index is 12.6. The summed E-state index contributed by atoms with van der Waals surface area (Å²) in [5.74, 6) is 0.784. The van der Waals surface area contributed by atoms with Crippen molar-refractivity contribution in [2.24, 2.45) is 0 Å². The van der Waals surface area contributed by atoms with Gasteiger partial charge in [0.1, 0.15) is 18.5 Å². The van der Waals surface area contributed by atoms with E-state index in [4.69, 9.17) is 4.74 Å². The Kier molecular flexibility index (Phi) is 7.10. The number of hydrogen-bond acceptors (Lipinski definition) is 7. The summed E-state index contributed by atoms with van der Waals surface area (Å²) in [7, 11) is 0. The number of fused-ring (bicyclic) bond motifs is 2. The lowest BCUT2D eigenvalue weighted by Crippen LogP contribution is -2.50. The summed E-state index contributed by atoms with van der Waals surface area (Å²) in [5.41, 5.74) is 4.59. The van der Waals surface area contributed by atoms with E-state index < -0.39 is 6.10 Å². The SMILES string of the molecule is Cc1nc2cc(OC[C@H](O)CN3CCN(CC(=O)Nc4cccc5c4CCC5)CC3)ccc2s1. The van der Waals surface area contributed by atoms with E-state index in [0.29, 0.717) is 13.1 Å². The normalized spacial score (nSPS) is 17.6. The Morgan fingerprint density at radius 2 is 2.00 bits per heavy atom. The Hall–Kier alpha value is -2.52. The van der Waals surface area contributed by atoms with Gasteiger partial charge in [0.05, 0.1) is 21.8 Å². The number of nitrogens with one attached hydrogen (secondary N) is 1. The van der Waals surface area contributed by atoms with Gasteiger partial charge in [-0.3, -0.25) is 14.6 Å². The van der Waals surface area contributed by atoms with Crippen LogP contribution in [0.5, 0.6) is 5.75 Å². The maximum Gasteiger partial charge on any atom is 0.238 e. The molecule has 7 nitrogen and oxygen atoms in total. The monoisotopic (exact) mass is 480 g/mol. The molecule has 34 heavy (non-hydrogen) atoms. The van der Waals surface area contributed by atoms with Gasteiger partial charge in [-0.05, 0) is 55.5 Å². The van der Waals surface area contributed by atoms with Gasteiger partial charge in [0.25, 0.3) is 0 Å². The number of carbonyl (C=O) groups excluding carboxylic acids is 1. The van der Waals surface area contributed by atoms with Gasteiger partial charge >= 0.3 is 0 Å². The molecule has 3 aromatic rings. The Bertz CT molecular complexity index is 1160. The van der Waals surface area contributed by atoms with E-state index in [1.54, 1.807) is 11.3 Å². The molecule has 2 aromatic carbocycles. The third kappa shape index (κ3) is 5.58. The molecule has 2 N–H and O–H groups in total. The number of aliphatic hydroxyl groups is 1. The molecule has 0 spiro atoms. The van der Waals surface area contributed by atoms with Gasteiger partial charge in [-0.25, -0.2) is 4.98 Å². The molecule has 1 saturated heterocycles. The molecular formula is C26H32N4O3S. The Balaban J connectivity index is 1.03. The van der Waals surface area contributed by atoms with E-state index in [2.05, 4.69) is 26.2 Å². The largest absolute Gasteiger partial charge is 0.491 e. The van der Waals surface area contributed by atoms with Crippen LogP contribution >= 0.6 is 11.3 Å². The fourth-order valence-corrected chi connectivity index (χ4v) is 5.72. The highest BCUT2D eigenvalue weighted by molar-refractivity contribution is 7.18. The highest BCUT2D eigenvalue weighted by Crippen LogP contribution is 2.29. The Labute approximate surface area is 204 Å². The highest BCUT2D eigenvalue weighted by Gasteiger charge is 2.22. The predicted octanol–water partition coefficient (Wildman–Crippen LogP) is 3.09. The number of β-amino-alcohol motifs (C(OH)–C–C–N with tert-alkyl or cyclic N) is 1. The van der Waals surface area contributed by atoms with Crippen LogP contribution in [0.1, 0.15) is 22.6 Å². The van der Waals surface area contributed by atoms with E-state index >= 15 is 0 Å². The van der Waals surface area contributed by atoms with Gasteiger partial charge in [0.2, 0.25) is 5.91 Å². The van der Waals surface area contributed by atoms with Gasteiger partial charge in [0, 0.05) is 44.5 Å². The number of rotatable bonds is 8. The van der Waals surface area contributed by atoms with Crippen molar-refractivity contribution in [2.45, 2.75) is 32.3 Å². The molecule has 1 atom stereocenters. The molecule has 180 valence electrons. The zero-order valence-electron chi connectivity index (χ0n) is 19.6. The van der Waals surface area contributed by atoms with Gasteiger partial charge < -0.3 is 15.2 Å². The summed E-state index contributed by atoms with van der Waals surface area (Å²) in [6.45, 7) is 6.50. The Morgan fingerprint density at radius 1 is 1.18 bits per heavy atom. The van der Waals surface area contributed by atoms with Crippen LogP contribution in [-0.4, -0.2) is 77.8 Å². The van der Waals surface area contributed by atoms with Crippen LogP contribution in [-0.2, 0) is 17.6 Å². The molecule has 1 amide bonds. The van der Waals surface area contributed by atoms with E-state index in [-0.39, 0.29) is 12.5 Å². The molecule has 0 unspecified atom stereocenters. The number of aliphatic hydroxyl groups excluding tert-OH is 1. The van der Waals surface area contributed by atoms with E-state index in [9.17, 15) is 9.90 Å². The molecule has 0 bridgehead atoms. The van der Waals surface area contributed by atoms with Crippen molar-refractivity contribution in [3.05, 3.63) is 52.5 Å². The molecule has 1 aromatic heterocycles. The van der Waals surface area contributed by atoms with Crippen LogP contribution in [0, 0.1) is 6.92 Å². The third-order valence-corrected chi connectivity index (χ3v) is 7.58. The summed E-state index contributed by atoms with van der Waals surface area (Å²) in [6, 6.07) is 12.1. The van der Waals surface area contributed by atoms with Crippen LogP contribution < -0.4 is 10.1 Å². The predicted molar refractivity (Wildman–Crippen MR) is 136 cm³/mol. The molecular weight excluding hydrogens is 448 g/mol. The van der Waals surface area contributed by atoms with Gasteiger partial charge in [0.15, 0.2) is 0 Å². The first-order chi connectivity index (χ1) is 16.5. The number of aryl methyl sites for hydroxylation is 2. The molecule has 1 fully saturated rings. The lowest BCUT2D eigenvalue weighted by Gasteiger charge is -2.35. The number of ether oxygens (including phenoxy) is 1. The minimum absolute atomic E-state index is 0.0504. The number of piperazine rings is 1. The second-order valence-electron chi connectivity index (χ2n) is 9.25. The van der Waals surface area contributed by atoms with Crippen molar-refractivity contribution in [1.82, 2.24) is 14.8 Å². The molecule has 1 aliphatic heterocycles. The Morgan fingerprint density at radius 3 is 2.85 bits per heavy atom. The molecule has 0 saturated carbocycles. The van der Waals surface area contributed by atoms with Crippen molar-refractivity contribution in [2.75, 3.05) is 51.2 Å². The fraction of sp³-hybridized carbons (Fsp3) is 0.462. The number of nitrogens with zero attached hydrogens (tertiary/aromatic N) is 3. The van der Waals surface area contributed by atoms with Crippen molar-refractivity contribution in [1.29, 1.82) is 0 Å². The van der Waals surface area contributed by atoms with Crippen LogP contribution in [0.2, 0.25) is 0 Å². The van der Waals surface area contributed by atoms with E-state index in [1.807, 2.05) is 37.3 Å². The topological polar surface area (TPSA) is 77.9 Å².